The highest BCUT2D eigenvalue weighted by Gasteiger charge is 2.09. The SMILES string of the molecule is CCCNC(=O)CN(C)Cc1cccc(N)c1Br. The maximum absolute atomic E-state index is 11.6. The lowest BCUT2D eigenvalue weighted by Gasteiger charge is -2.17. The van der Waals surface area contributed by atoms with Gasteiger partial charge in [0.15, 0.2) is 0 Å². The maximum Gasteiger partial charge on any atom is 0.234 e. The predicted octanol–water partition coefficient (Wildman–Crippen LogP) is 1.99. The van der Waals surface area contributed by atoms with E-state index in [0.29, 0.717) is 13.1 Å². The molecule has 0 aliphatic carbocycles. The number of anilines is 1. The molecule has 0 unspecified atom stereocenters. The van der Waals surface area contributed by atoms with Gasteiger partial charge in [0.2, 0.25) is 5.91 Å². The van der Waals surface area contributed by atoms with Crippen molar-refractivity contribution in [3.8, 4) is 0 Å². The van der Waals surface area contributed by atoms with Crippen molar-refractivity contribution >= 4 is 27.5 Å². The molecule has 3 N–H and O–H groups in total. The molecule has 18 heavy (non-hydrogen) atoms. The van der Waals surface area contributed by atoms with Gasteiger partial charge in [-0.3, -0.25) is 9.69 Å². The quantitative estimate of drug-likeness (QED) is 0.790. The van der Waals surface area contributed by atoms with Gasteiger partial charge in [-0.25, -0.2) is 0 Å². The summed E-state index contributed by atoms with van der Waals surface area (Å²) in [7, 11) is 1.92. The number of likely N-dealkylation sites (N-methyl/N-ethyl adjacent to an activating group) is 1. The van der Waals surface area contributed by atoms with Crippen LogP contribution in [0.1, 0.15) is 18.9 Å². The Bertz CT molecular complexity index is 409. The number of nitrogens with zero attached hydrogens (tertiary/aromatic N) is 1. The molecule has 1 aromatic carbocycles. The number of carbonyl (C=O) groups excluding carboxylic acids is 1. The van der Waals surface area contributed by atoms with Gasteiger partial charge in [-0.2, -0.15) is 0 Å². The number of nitrogens with two attached hydrogens (primary N) is 1. The van der Waals surface area contributed by atoms with Crippen molar-refractivity contribution in [2.45, 2.75) is 19.9 Å². The van der Waals surface area contributed by atoms with E-state index >= 15 is 0 Å². The first-order chi connectivity index (χ1) is 8.54. The van der Waals surface area contributed by atoms with Crippen LogP contribution in [0.4, 0.5) is 5.69 Å². The smallest absolute Gasteiger partial charge is 0.234 e. The van der Waals surface area contributed by atoms with Crippen LogP contribution in [0.5, 0.6) is 0 Å². The molecule has 0 bridgehead atoms. The summed E-state index contributed by atoms with van der Waals surface area (Å²) in [6.45, 7) is 3.84. The van der Waals surface area contributed by atoms with Gasteiger partial charge in [0.1, 0.15) is 0 Å². The Kier molecular flexibility index (Phi) is 6.15. The lowest BCUT2D eigenvalue weighted by molar-refractivity contribution is -0.122. The monoisotopic (exact) mass is 313 g/mol. The van der Waals surface area contributed by atoms with E-state index in [9.17, 15) is 4.79 Å². The molecule has 1 amide bonds. The van der Waals surface area contributed by atoms with Crippen LogP contribution in [0.15, 0.2) is 22.7 Å². The van der Waals surface area contributed by atoms with E-state index in [4.69, 9.17) is 5.73 Å². The van der Waals surface area contributed by atoms with Crippen molar-refractivity contribution in [2.75, 3.05) is 25.9 Å². The number of nitrogens with one attached hydrogen (secondary N) is 1. The second-order valence-corrected chi connectivity index (χ2v) is 5.14. The number of benzene rings is 1. The Morgan fingerprint density at radius 3 is 2.89 bits per heavy atom. The molecule has 1 rings (SSSR count). The van der Waals surface area contributed by atoms with Crippen molar-refractivity contribution in [2.24, 2.45) is 0 Å². The third kappa shape index (κ3) is 4.66. The number of rotatable bonds is 6. The second kappa shape index (κ2) is 7.38. The van der Waals surface area contributed by atoms with Crippen LogP contribution < -0.4 is 11.1 Å². The molecule has 1 aromatic rings. The van der Waals surface area contributed by atoms with Gasteiger partial charge < -0.3 is 11.1 Å². The lowest BCUT2D eigenvalue weighted by atomic mass is 10.2. The number of halogens is 1. The van der Waals surface area contributed by atoms with Crippen molar-refractivity contribution in [1.82, 2.24) is 10.2 Å². The van der Waals surface area contributed by atoms with Crippen molar-refractivity contribution in [3.05, 3.63) is 28.2 Å². The van der Waals surface area contributed by atoms with Crippen LogP contribution in [0.3, 0.4) is 0 Å². The summed E-state index contributed by atoms with van der Waals surface area (Å²) >= 11 is 3.46. The molecule has 0 radical (unpaired) electrons. The second-order valence-electron chi connectivity index (χ2n) is 4.34. The zero-order valence-electron chi connectivity index (χ0n) is 10.9. The maximum atomic E-state index is 11.6. The zero-order chi connectivity index (χ0) is 13.5. The molecule has 0 spiro atoms. The van der Waals surface area contributed by atoms with E-state index in [1.807, 2.05) is 37.1 Å². The molecular weight excluding hydrogens is 294 g/mol. The van der Waals surface area contributed by atoms with Crippen LogP contribution in [-0.2, 0) is 11.3 Å². The number of amides is 1. The van der Waals surface area contributed by atoms with E-state index in [2.05, 4.69) is 21.2 Å². The topological polar surface area (TPSA) is 58.4 Å². The highest BCUT2D eigenvalue weighted by atomic mass is 79.9. The van der Waals surface area contributed by atoms with Crippen LogP contribution in [0.2, 0.25) is 0 Å². The summed E-state index contributed by atoms with van der Waals surface area (Å²) in [5.41, 5.74) is 7.62. The zero-order valence-corrected chi connectivity index (χ0v) is 12.5. The Labute approximate surface area is 117 Å². The fourth-order valence-electron chi connectivity index (χ4n) is 1.63. The highest BCUT2D eigenvalue weighted by Crippen LogP contribution is 2.24. The summed E-state index contributed by atoms with van der Waals surface area (Å²) in [6.07, 6.45) is 0.955. The standard InChI is InChI=1S/C13H20BrN3O/c1-3-7-16-12(18)9-17(2)8-10-5-4-6-11(15)13(10)14/h4-6H,3,7-9,15H2,1-2H3,(H,16,18). The molecule has 0 aliphatic heterocycles. The van der Waals surface area contributed by atoms with Gasteiger partial charge in [0.25, 0.3) is 0 Å². The summed E-state index contributed by atoms with van der Waals surface area (Å²) in [5.74, 6) is 0.0550. The number of carbonyl (C=O) groups is 1. The van der Waals surface area contributed by atoms with E-state index in [0.717, 1.165) is 28.7 Å². The normalized spacial score (nSPS) is 10.7. The largest absolute Gasteiger partial charge is 0.398 e. The van der Waals surface area contributed by atoms with Gasteiger partial charge in [-0.1, -0.05) is 19.1 Å². The Morgan fingerprint density at radius 1 is 1.50 bits per heavy atom. The highest BCUT2D eigenvalue weighted by molar-refractivity contribution is 9.10. The average Bonchev–Trinajstić information content (AvgIpc) is 2.32. The van der Waals surface area contributed by atoms with Crippen LogP contribution in [0.25, 0.3) is 0 Å². The van der Waals surface area contributed by atoms with Crippen molar-refractivity contribution < 1.29 is 4.79 Å². The number of hydrogen-bond donors (Lipinski definition) is 2. The fraction of sp³-hybridized carbons (Fsp3) is 0.462. The van der Waals surface area contributed by atoms with E-state index in [-0.39, 0.29) is 5.91 Å². The minimum Gasteiger partial charge on any atom is -0.398 e. The fourth-order valence-corrected chi connectivity index (χ4v) is 2.02. The average molecular weight is 314 g/mol. The van der Waals surface area contributed by atoms with Crippen molar-refractivity contribution in [3.63, 3.8) is 0 Å². The first-order valence-corrected chi connectivity index (χ1v) is 6.82. The predicted molar refractivity (Wildman–Crippen MR) is 78.2 cm³/mol. The minimum absolute atomic E-state index is 0.0550. The van der Waals surface area contributed by atoms with Gasteiger partial charge in [-0.05, 0) is 41.0 Å². The summed E-state index contributed by atoms with van der Waals surface area (Å²) in [5, 5.41) is 2.86. The Hall–Kier alpha value is -1.07. The van der Waals surface area contributed by atoms with E-state index in [1.165, 1.54) is 0 Å². The molecule has 0 aromatic heterocycles. The molecule has 0 atom stereocenters. The third-order valence-corrected chi connectivity index (χ3v) is 3.50. The first-order valence-electron chi connectivity index (χ1n) is 6.02. The Balaban J connectivity index is 2.51. The molecule has 4 nitrogen and oxygen atoms in total. The summed E-state index contributed by atoms with van der Waals surface area (Å²) in [6, 6.07) is 5.77. The molecule has 5 heteroatoms. The van der Waals surface area contributed by atoms with E-state index < -0.39 is 0 Å². The van der Waals surface area contributed by atoms with E-state index in [1.54, 1.807) is 0 Å². The van der Waals surface area contributed by atoms with Crippen LogP contribution in [0, 0.1) is 0 Å². The molecule has 100 valence electrons. The van der Waals surface area contributed by atoms with Crippen molar-refractivity contribution in [1.29, 1.82) is 0 Å². The molecular formula is C13H20BrN3O. The Morgan fingerprint density at radius 2 is 2.22 bits per heavy atom. The van der Waals surface area contributed by atoms with Crippen LogP contribution in [-0.4, -0.2) is 30.9 Å². The summed E-state index contributed by atoms with van der Waals surface area (Å²) < 4.78 is 0.908. The molecule has 0 fully saturated rings. The van der Waals surface area contributed by atoms with Crippen LogP contribution >= 0.6 is 15.9 Å². The molecule has 0 heterocycles. The van der Waals surface area contributed by atoms with Gasteiger partial charge in [-0.15, -0.1) is 0 Å². The summed E-state index contributed by atoms with van der Waals surface area (Å²) in [4.78, 5) is 13.5. The number of hydrogen-bond acceptors (Lipinski definition) is 3. The first kappa shape index (κ1) is 15.0. The molecule has 0 aliphatic rings. The third-order valence-electron chi connectivity index (χ3n) is 2.53. The van der Waals surface area contributed by atoms with Gasteiger partial charge in [0.05, 0.1) is 6.54 Å². The molecule has 0 saturated carbocycles. The van der Waals surface area contributed by atoms with Gasteiger partial charge in [0, 0.05) is 23.2 Å². The minimum atomic E-state index is 0.0550. The van der Waals surface area contributed by atoms with Gasteiger partial charge >= 0.3 is 0 Å². The molecule has 0 saturated heterocycles. The number of nitrogen functional groups attached to an aromatic ring is 1. The lowest BCUT2D eigenvalue weighted by Crippen LogP contribution is -2.35.